The van der Waals surface area contributed by atoms with Crippen molar-refractivity contribution in [2.45, 2.75) is 13.5 Å². The van der Waals surface area contributed by atoms with Gasteiger partial charge >= 0.3 is 6.03 Å². The molecule has 2 rings (SSSR count). The van der Waals surface area contributed by atoms with Crippen molar-refractivity contribution >= 4 is 46.6 Å². The summed E-state index contributed by atoms with van der Waals surface area (Å²) < 4.78 is 0. The van der Waals surface area contributed by atoms with Crippen LogP contribution < -0.4 is 21.7 Å². The maximum atomic E-state index is 12.0. The van der Waals surface area contributed by atoms with Crippen LogP contribution in [0.5, 0.6) is 0 Å². The van der Waals surface area contributed by atoms with Gasteiger partial charge in [0.05, 0.1) is 15.6 Å². The van der Waals surface area contributed by atoms with Crippen molar-refractivity contribution in [2.24, 2.45) is 0 Å². The van der Waals surface area contributed by atoms with Gasteiger partial charge < -0.3 is 16.4 Å². The van der Waals surface area contributed by atoms with Crippen molar-refractivity contribution in [2.75, 3.05) is 17.6 Å². The van der Waals surface area contributed by atoms with E-state index in [0.717, 1.165) is 5.56 Å². The van der Waals surface area contributed by atoms with Crippen molar-refractivity contribution in [3.05, 3.63) is 51.6 Å². The number of benzene rings is 1. The van der Waals surface area contributed by atoms with Gasteiger partial charge in [0.2, 0.25) is 0 Å². The molecular formula is C16H18Cl2N6O. The maximum Gasteiger partial charge on any atom is 0.320 e. The molecule has 9 heteroatoms. The first kappa shape index (κ1) is 18.8. The number of hydrogen-bond acceptors (Lipinski definition) is 4. The van der Waals surface area contributed by atoms with Crippen LogP contribution in [0.25, 0.3) is 0 Å². The lowest BCUT2D eigenvalue weighted by molar-refractivity contribution is 0.251. The Hall–Kier alpha value is -2.51. The molecule has 0 saturated carbocycles. The Morgan fingerprint density at radius 2 is 2.00 bits per heavy atom. The zero-order valence-electron chi connectivity index (χ0n) is 13.5. The Labute approximate surface area is 155 Å². The average Bonchev–Trinajstić information content (AvgIpc) is 2.56. The van der Waals surface area contributed by atoms with Crippen molar-refractivity contribution in [1.82, 2.24) is 15.6 Å². The van der Waals surface area contributed by atoms with Crippen LogP contribution >= 0.6 is 23.2 Å². The van der Waals surface area contributed by atoms with E-state index in [-0.39, 0.29) is 18.2 Å². The molecule has 7 nitrogen and oxygen atoms in total. The Bertz CT molecular complexity index is 796. The van der Waals surface area contributed by atoms with Gasteiger partial charge in [0.1, 0.15) is 11.7 Å². The molecule has 0 unspecified atom stereocenters. The van der Waals surface area contributed by atoms with Crippen LogP contribution in [0.1, 0.15) is 18.1 Å². The van der Waals surface area contributed by atoms with E-state index < -0.39 is 6.03 Å². The number of carbonyl (C=O) groups is 1. The van der Waals surface area contributed by atoms with E-state index in [1.165, 1.54) is 12.3 Å². The highest BCUT2D eigenvalue weighted by atomic mass is 35.5. The number of aromatic nitrogens is 1. The van der Waals surface area contributed by atoms with E-state index in [1.54, 1.807) is 18.2 Å². The molecule has 1 aromatic carbocycles. The number of nitrogens with two attached hydrogens (primary N) is 1. The summed E-state index contributed by atoms with van der Waals surface area (Å²) in [4.78, 5) is 16.0. The molecule has 25 heavy (non-hydrogen) atoms. The van der Waals surface area contributed by atoms with Gasteiger partial charge in [-0.1, -0.05) is 29.3 Å². The second kappa shape index (κ2) is 8.55. The molecular weight excluding hydrogens is 363 g/mol. The van der Waals surface area contributed by atoms with Gasteiger partial charge in [0.15, 0.2) is 0 Å². The molecule has 0 saturated heterocycles. The third-order valence-electron chi connectivity index (χ3n) is 3.24. The van der Waals surface area contributed by atoms with E-state index in [9.17, 15) is 4.79 Å². The van der Waals surface area contributed by atoms with Gasteiger partial charge in [-0.3, -0.25) is 10.7 Å². The lowest BCUT2D eigenvalue weighted by Crippen LogP contribution is -2.29. The van der Waals surface area contributed by atoms with E-state index in [0.29, 0.717) is 27.8 Å². The zero-order chi connectivity index (χ0) is 18.4. The fraction of sp³-hybridized carbons (Fsp3) is 0.188. The van der Waals surface area contributed by atoms with E-state index in [4.69, 9.17) is 34.3 Å². The minimum absolute atomic E-state index is 0.183. The van der Waals surface area contributed by atoms with Crippen LogP contribution in [-0.2, 0) is 6.54 Å². The smallest absolute Gasteiger partial charge is 0.320 e. The van der Waals surface area contributed by atoms with E-state index >= 15 is 0 Å². The molecule has 0 aliphatic heterocycles. The normalized spacial score (nSPS) is 10.2. The summed E-state index contributed by atoms with van der Waals surface area (Å²) in [6, 6.07) is 6.18. The predicted octanol–water partition coefficient (Wildman–Crippen LogP) is 3.23. The van der Waals surface area contributed by atoms with Crippen LogP contribution in [0.4, 0.5) is 16.3 Å². The number of rotatable bonds is 5. The van der Waals surface area contributed by atoms with Gasteiger partial charge in [-0.05, 0) is 24.6 Å². The highest BCUT2D eigenvalue weighted by Crippen LogP contribution is 2.22. The first-order chi connectivity index (χ1) is 11.9. The van der Waals surface area contributed by atoms with Crippen molar-refractivity contribution in [3.63, 3.8) is 0 Å². The third kappa shape index (κ3) is 5.23. The Morgan fingerprint density at radius 1 is 1.24 bits per heavy atom. The number of amidine groups is 1. The average molecular weight is 381 g/mol. The molecule has 0 spiro atoms. The fourth-order valence-corrected chi connectivity index (χ4v) is 2.33. The topological polar surface area (TPSA) is 116 Å². The molecule has 0 aliphatic carbocycles. The summed E-state index contributed by atoms with van der Waals surface area (Å²) in [5, 5.41) is 16.8. The lowest BCUT2D eigenvalue weighted by Gasteiger charge is -2.11. The number of urea groups is 1. The Balaban J connectivity index is 1.95. The summed E-state index contributed by atoms with van der Waals surface area (Å²) in [7, 11) is 0. The fourth-order valence-electron chi connectivity index (χ4n) is 2.01. The largest absolute Gasteiger partial charge is 0.398 e. The maximum absolute atomic E-state index is 12.0. The van der Waals surface area contributed by atoms with E-state index in [1.807, 2.05) is 6.92 Å². The first-order valence-corrected chi connectivity index (χ1v) is 8.23. The van der Waals surface area contributed by atoms with Crippen LogP contribution in [-0.4, -0.2) is 23.4 Å². The predicted molar refractivity (Wildman–Crippen MR) is 101 cm³/mol. The van der Waals surface area contributed by atoms with Crippen LogP contribution in [0, 0.1) is 5.41 Å². The molecule has 132 valence electrons. The lowest BCUT2D eigenvalue weighted by atomic mass is 10.2. The van der Waals surface area contributed by atoms with Crippen molar-refractivity contribution in [3.8, 4) is 0 Å². The van der Waals surface area contributed by atoms with Crippen molar-refractivity contribution in [1.29, 1.82) is 5.41 Å². The summed E-state index contributed by atoms with van der Waals surface area (Å²) in [5.41, 5.74) is 7.54. The number of nitrogen functional groups attached to an aromatic ring is 1. The second-order valence-electron chi connectivity index (χ2n) is 5.12. The number of anilines is 2. The molecule has 1 heterocycles. The number of nitrogens with one attached hydrogen (secondary N) is 4. The minimum Gasteiger partial charge on any atom is -0.398 e. The second-order valence-corrected chi connectivity index (χ2v) is 5.93. The Morgan fingerprint density at radius 3 is 2.64 bits per heavy atom. The molecule has 6 N–H and O–H groups in total. The standard InChI is InChI=1S/C16H18Cl2N6O/c1-2-21-15(20)10-8-22-14(6-13(10)19)24-16(25)23-7-9-3-4-11(17)12(18)5-9/h3-6,8H,2,7H2,1H3,(H2,20,21)(H4,19,22,23,24,25). The molecule has 0 bridgehead atoms. The van der Waals surface area contributed by atoms with Crippen LogP contribution in [0.2, 0.25) is 10.0 Å². The summed E-state index contributed by atoms with van der Waals surface area (Å²) in [6.45, 7) is 2.77. The number of carbonyl (C=O) groups excluding carboxylic acids is 1. The molecule has 0 atom stereocenters. The van der Waals surface area contributed by atoms with Gasteiger partial charge in [-0.2, -0.15) is 0 Å². The first-order valence-electron chi connectivity index (χ1n) is 7.47. The highest BCUT2D eigenvalue weighted by Gasteiger charge is 2.09. The third-order valence-corrected chi connectivity index (χ3v) is 3.98. The molecule has 2 aromatic rings. The zero-order valence-corrected chi connectivity index (χ0v) is 15.0. The monoisotopic (exact) mass is 380 g/mol. The molecule has 2 amide bonds. The summed E-state index contributed by atoms with van der Waals surface area (Å²) >= 11 is 11.8. The molecule has 1 aromatic heterocycles. The van der Waals surface area contributed by atoms with Gasteiger partial charge in [-0.15, -0.1) is 0 Å². The summed E-state index contributed by atoms with van der Waals surface area (Å²) in [6.07, 6.45) is 1.44. The number of halogens is 2. The van der Waals surface area contributed by atoms with Gasteiger partial charge in [0.25, 0.3) is 0 Å². The van der Waals surface area contributed by atoms with Crippen LogP contribution in [0.3, 0.4) is 0 Å². The quantitative estimate of drug-likeness (QED) is 0.404. The van der Waals surface area contributed by atoms with Crippen molar-refractivity contribution < 1.29 is 4.79 Å². The minimum atomic E-state index is -0.438. The van der Waals surface area contributed by atoms with Gasteiger partial charge in [-0.25, -0.2) is 9.78 Å². The molecule has 0 fully saturated rings. The molecule has 0 radical (unpaired) electrons. The SMILES string of the molecule is CCNC(=N)c1cnc(NC(=O)NCc2ccc(Cl)c(Cl)c2)cc1N. The Kier molecular flexibility index (Phi) is 6.44. The number of hydrogen-bond donors (Lipinski definition) is 5. The summed E-state index contributed by atoms with van der Waals surface area (Å²) in [5.74, 6) is 0.473. The van der Waals surface area contributed by atoms with Crippen LogP contribution in [0.15, 0.2) is 30.5 Å². The number of amides is 2. The number of pyridine rings is 1. The van der Waals surface area contributed by atoms with E-state index in [2.05, 4.69) is 20.9 Å². The number of nitrogens with zero attached hydrogens (tertiary/aromatic N) is 1. The van der Waals surface area contributed by atoms with Gasteiger partial charge in [0, 0.05) is 31.0 Å². The highest BCUT2D eigenvalue weighted by molar-refractivity contribution is 6.42. The molecule has 0 aliphatic rings.